The Hall–Kier alpha value is -2.63. The zero-order valence-corrected chi connectivity index (χ0v) is 14.2. The summed E-state index contributed by atoms with van der Waals surface area (Å²) in [6.45, 7) is 1.92. The zero-order valence-electron chi connectivity index (χ0n) is 14.2. The van der Waals surface area contributed by atoms with E-state index < -0.39 is 5.95 Å². The summed E-state index contributed by atoms with van der Waals surface area (Å²) in [5, 5.41) is 3.00. The molecule has 2 aromatic rings. The first kappa shape index (κ1) is 17.2. The molecule has 3 rings (SSSR count). The number of aromatic nitrogens is 1. The van der Waals surface area contributed by atoms with Crippen LogP contribution in [0.2, 0.25) is 0 Å². The lowest BCUT2D eigenvalue weighted by Gasteiger charge is -2.32. The van der Waals surface area contributed by atoms with Crippen LogP contribution in [0.3, 0.4) is 0 Å². The number of hydrogen-bond acceptors (Lipinski definition) is 4. The number of piperidine rings is 1. The molecule has 0 spiro atoms. The molecule has 132 valence electrons. The van der Waals surface area contributed by atoms with Gasteiger partial charge in [-0.1, -0.05) is 18.2 Å². The number of anilines is 1. The van der Waals surface area contributed by atoms with Gasteiger partial charge in [-0.2, -0.15) is 4.39 Å². The van der Waals surface area contributed by atoms with Gasteiger partial charge in [0, 0.05) is 25.6 Å². The third kappa shape index (κ3) is 4.47. The number of methoxy groups -OCH3 is 1. The number of carbonyl (C=O) groups excluding carboxylic acids is 1. The molecule has 2 heterocycles. The lowest BCUT2D eigenvalue weighted by molar-refractivity contribution is -0.125. The highest BCUT2D eigenvalue weighted by Gasteiger charge is 2.25. The fourth-order valence-electron chi connectivity index (χ4n) is 3.02. The summed E-state index contributed by atoms with van der Waals surface area (Å²) in [7, 11) is 1.63. The molecule has 0 bridgehead atoms. The van der Waals surface area contributed by atoms with Gasteiger partial charge < -0.3 is 15.0 Å². The minimum Gasteiger partial charge on any atom is -0.497 e. The molecule has 25 heavy (non-hydrogen) atoms. The number of nitrogens with one attached hydrogen (secondary N) is 1. The van der Waals surface area contributed by atoms with Gasteiger partial charge in [0.1, 0.15) is 11.6 Å². The SMILES string of the molecule is COc1ccc(CNC(=O)C2CCN(c3cccc(F)n3)CC2)cc1. The van der Waals surface area contributed by atoms with Gasteiger partial charge in [0.25, 0.3) is 0 Å². The predicted molar refractivity (Wildman–Crippen MR) is 94.0 cm³/mol. The van der Waals surface area contributed by atoms with Crippen LogP contribution >= 0.6 is 0 Å². The number of rotatable bonds is 5. The number of ether oxygens (including phenoxy) is 1. The highest BCUT2D eigenvalue weighted by molar-refractivity contribution is 5.79. The van der Waals surface area contributed by atoms with Crippen LogP contribution < -0.4 is 15.0 Å². The maximum absolute atomic E-state index is 13.2. The molecule has 1 saturated heterocycles. The number of benzene rings is 1. The standard InChI is InChI=1S/C19H22FN3O2/c1-25-16-7-5-14(6-8-16)13-21-19(24)15-9-11-23(12-10-15)18-4-2-3-17(20)22-18/h2-8,15H,9-13H2,1H3,(H,21,24). The lowest BCUT2D eigenvalue weighted by Crippen LogP contribution is -2.40. The second-order valence-electron chi connectivity index (χ2n) is 6.15. The van der Waals surface area contributed by atoms with Crippen LogP contribution in [0, 0.1) is 11.9 Å². The Balaban J connectivity index is 1.48. The minimum atomic E-state index is -0.475. The molecule has 0 saturated carbocycles. The van der Waals surface area contributed by atoms with Crippen LogP contribution in [-0.4, -0.2) is 31.1 Å². The van der Waals surface area contributed by atoms with Crippen molar-refractivity contribution in [3.05, 3.63) is 54.0 Å². The van der Waals surface area contributed by atoms with Gasteiger partial charge in [-0.15, -0.1) is 0 Å². The van der Waals surface area contributed by atoms with Crippen molar-refractivity contribution in [2.75, 3.05) is 25.1 Å². The number of carbonyl (C=O) groups is 1. The molecule has 1 aliphatic rings. The summed E-state index contributed by atoms with van der Waals surface area (Å²) in [5.41, 5.74) is 1.04. The summed E-state index contributed by atoms with van der Waals surface area (Å²) in [6.07, 6.45) is 1.49. The largest absolute Gasteiger partial charge is 0.497 e. The summed E-state index contributed by atoms with van der Waals surface area (Å²) < 4.78 is 18.3. The van der Waals surface area contributed by atoms with E-state index in [0.717, 1.165) is 24.2 Å². The van der Waals surface area contributed by atoms with Gasteiger partial charge in [-0.3, -0.25) is 4.79 Å². The van der Waals surface area contributed by atoms with Crippen molar-refractivity contribution < 1.29 is 13.9 Å². The van der Waals surface area contributed by atoms with E-state index in [9.17, 15) is 9.18 Å². The van der Waals surface area contributed by atoms with Crippen LogP contribution in [0.25, 0.3) is 0 Å². The van der Waals surface area contributed by atoms with Crippen LogP contribution in [0.5, 0.6) is 5.75 Å². The summed E-state index contributed by atoms with van der Waals surface area (Å²) in [4.78, 5) is 18.3. The third-order valence-corrected chi connectivity index (χ3v) is 4.52. The second-order valence-corrected chi connectivity index (χ2v) is 6.15. The Morgan fingerprint density at radius 3 is 2.60 bits per heavy atom. The second kappa shape index (κ2) is 7.96. The van der Waals surface area contributed by atoms with Crippen LogP contribution in [0.15, 0.2) is 42.5 Å². The minimum absolute atomic E-state index is 0.0111. The average molecular weight is 343 g/mol. The van der Waals surface area contributed by atoms with E-state index in [1.807, 2.05) is 29.2 Å². The number of pyridine rings is 1. The smallest absolute Gasteiger partial charge is 0.223 e. The van der Waals surface area contributed by atoms with E-state index in [4.69, 9.17) is 4.74 Å². The molecule has 0 unspecified atom stereocenters. The van der Waals surface area contributed by atoms with Crippen LogP contribution in [0.1, 0.15) is 18.4 Å². The first-order valence-corrected chi connectivity index (χ1v) is 8.44. The highest BCUT2D eigenvalue weighted by Crippen LogP contribution is 2.22. The van der Waals surface area contributed by atoms with Crippen molar-refractivity contribution in [3.63, 3.8) is 0 Å². The Morgan fingerprint density at radius 2 is 1.96 bits per heavy atom. The lowest BCUT2D eigenvalue weighted by atomic mass is 9.96. The van der Waals surface area contributed by atoms with Crippen molar-refractivity contribution in [2.45, 2.75) is 19.4 Å². The monoisotopic (exact) mass is 343 g/mol. The van der Waals surface area contributed by atoms with Gasteiger partial charge >= 0.3 is 0 Å². The molecule has 0 aliphatic carbocycles. The number of halogens is 1. The van der Waals surface area contributed by atoms with E-state index in [-0.39, 0.29) is 11.8 Å². The van der Waals surface area contributed by atoms with Crippen molar-refractivity contribution in [2.24, 2.45) is 5.92 Å². The Morgan fingerprint density at radius 1 is 1.24 bits per heavy atom. The molecule has 5 nitrogen and oxygen atoms in total. The highest BCUT2D eigenvalue weighted by atomic mass is 19.1. The van der Waals surface area contributed by atoms with Gasteiger partial charge in [0.2, 0.25) is 11.9 Å². The van der Waals surface area contributed by atoms with Gasteiger partial charge in [-0.05, 0) is 42.7 Å². The van der Waals surface area contributed by atoms with Crippen LogP contribution in [0.4, 0.5) is 10.2 Å². The van der Waals surface area contributed by atoms with E-state index >= 15 is 0 Å². The number of nitrogens with zero attached hydrogens (tertiary/aromatic N) is 2. The molecular weight excluding hydrogens is 321 g/mol. The summed E-state index contributed by atoms with van der Waals surface area (Å²) >= 11 is 0. The Kier molecular flexibility index (Phi) is 5.48. The molecule has 1 N–H and O–H groups in total. The molecule has 0 atom stereocenters. The van der Waals surface area contributed by atoms with E-state index in [2.05, 4.69) is 10.3 Å². The summed E-state index contributed by atoms with van der Waals surface area (Å²) in [5.74, 6) is 1.02. The average Bonchev–Trinajstić information content (AvgIpc) is 2.66. The van der Waals surface area contributed by atoms with Gasteiger partial charge in [0.05, 0.1) is 7.11 Å². The van der Waals surface area contributed by atoms with E-state index in [1.165, 1.54) is 6.07 Å². The maximum Gasteiger partial charge on any atom is 0.223 e. The van der Waals surface area contributed by atoms with Crippen molar-refractivity contribution in [1.82, 2.24) is 10.3 Å². The Bertz CT molecular complexity index is 713. The van der Waals surface area contributed by atoms with Crippen molar-refractivity contribution in [3.8, 4) is 5.75 Å². The molecular formula is C19H22FN3O2. The predicted octanol–water partition coefficient (Wildman–Crippen LogP) is 2.76. The van der Waals surface area contributed by atoms with E-state index in [1.54, 1.807) is 19.2 Å². The third-order valence-electron chi connectivity index (χ3n) is 4.52. The fourth-order valence-corrected chi connectivity index (χ4v) is 3.02. The first-order chi connectivity index (χ1) is 12.2. The molecule has 1 amide bonds. The first-order valence-electron chi connectivity index (χ1n) is 8.44. The quantitative estimate of drug-likeness (QED) is 0.848. The number of hydrogen-bond donors (Lipinski definition) is 1. The summed E-state index contributed by atoms with van der Waals surface area (Å²) in [6, 6.07) is 12.4. The molecule has 1 fully saturated rings. The zero-order chi connectivity index (χ0) is 17.6. The fraction of sp³-hybridized carbons (Fsp3) is 0.368. The van der Waals surface area contributed by atoms with Gasteiger partial charge in [-0.25, -0.2) is 4.98 Å². The van der Waals surface area contributed by atoms with E-state index in [0.29, 0.717) is 25.5 Å². The topological polar surface area (TPSA) is 54.5 Å². The van der Waals surface area contributed by atoms with Crippen molar-refractivity contribution >= 4 is 11.7 Å². The normalized spacial score (nSPS) is 15.0. The van der Waals surface area contributed by atoms with Crippen LogP contribution in [-0.2, 0) is 11.3 Å². The molecule has 1 aromatic carbocycles. The Labute approximate surface area is 146 Å². The maximum atomic E-state index is 13.2. The van der Waals surface area contributed by atoms with Crippen molar-refractivity contribution in [1.29, 1.82) is 0 Å². The molecule has 6 heteroatoms. The van der Waals surface area contributed by atoms with Gasteiger partial charge in [0.15, 0.2) is 0 Å². The molecule has 1 aromatic heterocycles. The molecule has 0 radical (unpaired) electrons. The number of amides is 1. The molecule has 1 aliphatic heterocycles.